The van der Waals surface area contributed by atoms with Crippen LogP contribution in [0.5, 0.6) is 5.75 Å². The first-order valence-electron chi connectivity index (χ1n) is 9.57. The van der Waals surface area contributed by atoms with Gasteiger partial charge in [0.25, 0.3) is 0 Å². The maximum Gasteiger partial charge on any atom is 0.243 e. The van der Waals surface area contributed by atoms with E-state index in [1.807, 2.05) is 6.33 Å². The maximum atomic E-state index is 12.9. The standard InChI is InChI=1S/C19H26N4O3S/c1-26-17-4-6-18(7-5-17)27(24,25)23-10-8-15(9-11-23)12-19-21-20-14-22(19)13-16-2-3-16/h4-7,14-16H,2-3,8-13H2,1H3. The molecule has 146 valence electrons. The van der Waals surface area contributed by atoms with Gasteiger partial charge in [-0.25, -0.2) is 8.42 Å². The fraction of sp³-hybridized carbons (Fsp3) is 0.579. The largest absolute Gasteiger partial charge is 0.497 e. The molecule has 8 heteroatoms. The van der Waals surface area contributed by atoms with Crippen LogP contribution in [0, 0.1) is 11.8 Å². The predicted octanol–water partition coefficient (Wildman–Crippen LogP) is 2.34. The second-order valence-corrected chi connectivity index (χ2v) is 9.51. The van der Waals surface area contributed by atoms with Gasteiger partial charge >= 0.3 is 0 Å². The lowest BCUT2D eigenvalue weighted by Gasteiger charge is -2.31. The summed E-state index contributed by atoms with van der Waals surface area (Å²) in [5.74, 6) is 2.94. The van der Waals surface area contributed by atoms with Crippen molar-refractivity contribution in [2.45, 2.75) is 43.5 Å². The van der Waals surface area contributed by atoms with Gasteiger partial charge in [-0.3, -0.25) is 0 Å². The molecule has 2 fully saturated rings. The minimum atomic E-state index is -3.44. The molecule has 1 aromatic carbocycles. The highest BCUT2D eigenvalue weighted by Gasteiger charge is 2.30. The molecular formula is C19H26N4O3S. The average molecular weight is 391 g/mol. The van der Waals surface area contributed by atoms with E-state index in [1.165, 1.54) is 12.8 Å². The smallest absolute Gasteiger partial charge is 0.243 e. The van der Waals surface area contributed by atoms with Crippen molar-refractivity contribution in [1.29, 1.82) is 0 Å². The Labute approximate surface area is 160 Å². The number of benzene rings is 1. The van der Waals surface area contributed by atoms with Gasteiger partial charge in [0.05, 0.1) is 12.0 Å². The SMILES string of the molecule is COc1ccc(S(=O)(=O)N2CCC(Cc3nncn3CC3CC3)CC2)cc1. The van der Waals surface area contributed by atoms with Crippen molar-refractivity contribution in [2.24, 2.45) is 11.8 Å². The van der Waals surface area contributed by atoms with Crippen molar-refractivity contribution in [3.8, 4) is 5.75 Å². The van der Waals surface area contributed by atoms with Crippen molar-refractivity contribution in [2.75, 3.05) is 20.2 Å². The van der Waals surface area contributed by atoms with Gasteiger partial charge in [-0.15, -0.1) is 10.2 Å². The Morgan fingerprint density at radius 2 is 1.78 bits per heavy atom. The quantitative estimate of drug-likeness (QED) is 0.725. The molecule has 0 unspecified atom stereocenters. The molecule has 2 aliphatic rings. The molecular weight excluding hydrogens is 364 g/mol. The molecule has 4 rings (SSSR count). The van der Waals surface area contributed by atoms with E-state index in [2.05, 4.69) is 14.8 Å². The Hall–Kier alpha value is -1.93. The first-order chi connectivity index (χ1) is 13.1. The van der Waals surface area contributed by atoms with Gasteiger partial charge in [-0.2, -0.15) is 4.31 Å². The average Bonchev–Trinajstić information content (AvgIpc) is 3.41. The lowest BCUT2D eigenvalue weighted by atomic mass is 9.94. The number of hydrogen-bond acceptors (Lipinski definition) is 5. The molecule has 7 nitrogen and oxygen atoms in total. The van der Waals surface area contributed by atoms with Crippen LogP contribution in [0.4, 0.5) is 0 Å². The van der Waals surface area contributed by atoms with Crippen molar-refractivity contribution in [3.63, 3.8) is 0 Å². The van der Waals surface area contributed by atoms with Crippen LogP contribution in [-0.4, -0.2) is 47.7 Å². The number of methoxy groups -OCH3 is 1. The summed E-state index contributed by atoms with van der Waals surface area (Å²) in [7, 11) is -1.87. The van der Waals surface area contributed by atoms with Crippen LogP contribution in [0.3, 0.4) is 0 Å². The van der Waals surface area contributed by atoms with E-state index in [0.29, 0.717) is 29.7 Å². The van der Waals surface area contributed by atoms with Crippen LogP contribution in [0.25, 0.3) is 0 Å². The van der Waals surface area contributed by atoms with Gasteiger partial charge < -0.3 is 9.30 Å². The van der Waals surface area contributed by atoms with E-state index in [-0.39, 0.29) is 0 Å². The van der Waals surface area contributed by atoms with Crippen molar-refractivity contribution in [1.82, 2.24) is 19.1 Å². The molecule has 1 saturated carbocycles. The number of aromatic nitrogens is 3. The zero-order valence-corrected chi connectivity index (χ0v) is 16.4. The zero-order valence-electron chi connectivity index (χ0n) is 15.6. The molecule has 1 aromatic heterocycles. The Bertz CT molecular complexity index is 867. The lowest BCUT2D eigenvalue weighted by Crippen LogP contribution is -2.39. The van der Waals surface area contributed by atoms with Crippen LogP contribution < -0.4 is 4.74 Å². The third-order valence-electron chi connectivity index (χ3n) is 5.59. The van der Waals surface area contributed by atoms with Crippen LogP contribution in [0.1, 0.15) is 31.5 Å². The fourth-order valence-corrected chi connectivity index (χ4v) is 5.15. The topological polar surface area (TPSA) is 77.3 Å². The number of hydrogen-bond donors (Lipinski definition) is 0. The van der Waals surface area contributed by atoms with Gasteiger partial charge in [0.15, 0.2) is 0 Å². The van der Waals surface area contributed by atoms with Gasteiger partial charge in [-0.05, 0) is 61.8 Å². The monoisotopic (exact) mass is 390 g/mol. The Morgan fingerprint density at radius 1 is 1.07 bits per heavy atom. The van der Waals surface area contributed by atoms with Crippen LogP contribution >= 0.6 is 0 Å². The number of piperidine rings is 1. The second kappa shape index (κ2) is 7.59. The Morgan fingerprint density at radius 3 is 2.41 bits per heavy atom. The summed E-state index contributed by atoms with van der Waals surface area (Å²) in [4.78, 5) is 0.325. The summed E-state index contributed by atoms with van der Waals surface area (Å²) in [5.41, 5.74) is 0. The molecule has 0 amide bonds. The van der Waals surface area contributed by atoms with Crippen molar-refractivity contribution in [3.05, 3.63) is 36.4 Å². The Kier molecular flexibility index (Phi) is 5.19. The van der Waals surface area contributed by atoms with Gasteiger partial charge in [0, 0.05) is 26.1 Å². The van der Waals surface area contributed by atoms with E-state index < -0.39 is 10.0 Å². The molecule has 0 spiro atoms. The zero-order chi connectivity index (χ0) is 18.9. The summed E-state index contributed by atoms with van der Waals surface area (Å²) in [6.45, 7) is 2.12. The third kappa shape index (κ3) is 4.16. The maximum absolute atomic E-state index is 12.9. The minimum Gasteiger partial charge on any atom is -0.497 e. The number of sulfonamides is 1. The summed E-state index contributed by atoms with van der Waals surface area (Å²) >= 11 is 0. The molecule has 27 heavy (non-hydrogen) atoms. The van der Waals surface area contributed by atoms with Crippen molar-refractivity contribution < 1.29 is 13.2 Å². The summed E-state index contributed by atoms with van der Waals surface area (Å²) in [5, 5.41) is 8.36. The molecule has 0 atom stereocenters. The van der Waals surface area contributed by atoms with E-state index in [0.717, 1.165) is 37.5 Å². The molecule has 1 aliphatic heterocycles. The van der Waals surface area contributed by atoms with E-state index in [4.69, 9.17) is 4.74 Å². The minimum absolute atomic E-state index is 0.325. The molecule has 1 saturated heterocycles. The van der Waals surface area contributed by atoms with E-state index in [1.54, 1.807) is 35.7 Å². The van der Waals surface area contributed by atoms with Gasteiger partial charge in [0.2, 0.25) is 10.0 Å². The van der Waals surface area contributed by atoms with Crippen LogP contribution in [-0.2, 0) is 23.0 Å². The molecule has 1 aliphatic carbocycles. The van der Waals surface area contributed by atoms with E-state index in [9.17, 15) is 8.42 Å². The lowest BCUT2D eigenvalue weighted by molar-refractivity contribution is 0.268. The highest BCUT2D eigenvalue weighted by atomic mass is 32.2. The van der Waals surface area contributed by atoms with Crippen LogP contribution in [0.15, 0.2) is 35.5 Å². The Balaban J connectivity index is 1.36. The predicted molar refractivity (Wildman–Crippen MR) is 101 cm³/mol. The highest BCUT2D eigenvalue weighted by Crippen LogP contribution is 2.31. The number of ether oxygens (including phenoxy) is 1. The van der Waals surface area contributed by atoms with Crippen LogP contribution in [0.2, 0.25) is 0 Å². The first kappa shape index (κ1) is 18.4. The first-order valence-corrected chi connectivity index (χ1v) is 11.0. The van der Waals surface area contributed by atoms with Gasteiger partial charge in [0.1, 0.15) is 17.9 Å². The molecule has 2 aromatic rings. The number of rotatable bonds is 7. The van der Waals surface area contributed by atoms with E-state index >= 15 is 0 Å². The highest BCUT2D eigenvalue weighted by molar-refractivity contribution is 7.89. The fourth-order valence-electron chi connectivity index (χ4n) is 3.68. The molecule has 0 N–H and O–H groups in total. The third-order valence-corrected chi connectivity index (χ3v) is 7.50. The summed E-state index contributed by atoms with van der Waals surface area (Å²) in [6.07, 6.45) is 7.02. The number of nitrogens with zero attached hydrogens (tertiary/aromatic N) is 4. The normalized spacial score (nSPS) is 19.3. The second-order valence-electron chi connectivity index (χ2n) is 7.57. The molecule has 0 radical (unpaired) electrons. The summed E-state index contributed by atoms with van der Waals surface area (Å²) < 4.78 is 34.6. The molecule has 2 heterocycles. The van der Waals surface area contributed by atoms with Crippen molar-refractivity contribution >= 4 is 10.0 Å². The summed E-state index contributed by atoms with van der Waals surface area (Å²) in [6, 6.07) is 6.60. The van der Waals surface area contributed by atoms with Gasteiger partial charge in [-0.1, -0.05) is 0 Å². The molecule has 0 bridgehead atoms.